The lowest BCUT2D eigenvalue weighted by molar-refractivity contribution is 0.0939. The van der Waals surface area contributed by atoms with Crippen LogP contribution in [0, 0.1) is 19.8 Å². The van der Waals surface area contributed by atoms with Gasteiger partial charge in [-0.25, -0.2) is 0 Å². The topological polar surface area (TPSA) is 43.3 Å². The second-order valence-corrected chi connectivity index (χ2v) is 6.36. The summed E-state index contributed by atoms with van der Waals surface area (Å²) in [4.78, 5) is 12.6. The molecule has 0 saturated heterocycles. The highest BCUT2D eigenvalue weighted by Gasteiger charge is 2.17. The maximum Gasteiger partial charge on any atom is 0.268 e. The van der Waals surface area contributed by atoms with E-state index in [1.807, 2.05) is 38.1 Å². The molecule has 0 saturated carbocycles. The Morgan fingerprint density at radius 2 is 2.00 bits per heavy atom. The standard InChI is InChI=1S/C19H26N2O2/c1-13(2)11-20-19(22)18-14(3)9-15(4)21(18)12-16-7-6-8-17(10-16)23-5/h6-10,13H,11-12H2,1-5H3,(H,20,22). The molecule has 4 nitrogen and oxygen atoms in total. The highest BCUT2D eigenvalue weighted by molar-refractivity contribution is 5.94. The number of methoxy groups -OCH3 is 1. The van der Waals surface area contributed by atoms with Gasteiger partial charge in [0.25, 0.3) is 5.91 Å². The molecule has 0 radical (unpaired) electrons. The number of amides is 1. The number of benzene rings is 1. The van der Waals surface area contributed by atoms with Crippen LogP contribution in [0.3, 0.4) is 0 Å². The van der Waals surface area contributed by atoms with Crippen LogP contribution in [0.5, 0.6) is 5.75 Å². The smallest absolute Gasteiger partial charge is 0.268 e. The zero-order valence-corrected chi connectivity index (χ0v) is 14.6. The van der Waals surface area contributed by atoms with E-state index in [0.717, 1.165) is 28.3 Å². The molecule has 0 aliphatic carbocycles. The van der Waals surface area contributed by atoms with Crippen molar-refractivity contribution in [1.29, 1.82) is 0 Å². The molecule has 0 atom stereocenters. The monoisotopic (exact) mass is 314 g/mol. The molecule has 2 aromatic rings. The van der Waals surface area contributed by atoms with E-state index in [1.165, 1.54) is 0 Å². The number of aromatic nitrogens is 1. The van der Waals surface area contributed by atoms with Gasteiger partial charge in [0.15, 0.2) is 0 Å². The maximum atomic E-state index is 12.6. The van der Waals surface area contributed by atoms with E-state index in [2.05, 4.69) is 29.8 Å². The van der Waals surface area contributed by atoms with Gasteiger partial charge in [-0.05, 0) is 49.1 Å². The molecule has 0 bridgehead atoms. The SMILES string of the molecule is COc1cccc(Cn2c(C)cc(C)c2C(=O)NCC(C)C)c1. The van der Waals surface area contributed by atoms with Gasteiger partial charge in [-0.1, -0.05) is 26.0 Å². The lowest BCUT2D eigenvalue weighted by atomic mass is 10.2. The number of carbonyl (C=O) groups is 1. The zero-order chi connectivity index (χ0) is 17.0. The maximum absolute atomic E-state index is 12.6. The molecule has 0 aliphatic heterocycles. The Balaban J connectivity index is 2.29. The van der Waals surface area contributed by atoms with E-state index in [4.69, 9.17) is 4.74 Å². The molecule has 0 fully saturated rings. The summed E-state index contributed by atoms with van der Waals surface area (Å²) in [6.45, 7) is 9.54. The van der Waals surface area contributed by atoms with Gasteiger partial charge in [-0.3, -0.25) is 4.79 Å². The van der Waals surface area contributed by atoms with E-state index < -0.39 is 0 Å². The average Bonchev–Trinajstić information content (AvgIpc) is 2.79. The van der Waals surface area contributed by atoms with Crippen LogP contribution in [0.15, 0.2) is 30.3 Å². The number of carbonyl (C=O) groups excluding carboxylic acids is 1. The summed E-state index contributed by atoms with van der Waals surface area (Å²) < 4.78 is 7.35. The van der Waals surface area contributed by atoms with Crippen LogP contribution in [0.25, 0.3) is 0 Å². The van der Waals surface area contributed by atoms with Crippen LogP contribution in [-0.4, -0.2) is 24.1 Å². The van der Waals surface area contributed by atoms with E-state index in [9.17, 15) is 4.79 Å². The van der Waals surface area contributed by atoms with Crippen LogP contribution in [0.4, 0.5) is 0 Å². The molecule has 0 aliphatic rings. The summed E-state index contributed by atoms with van der Waals surface area (Å²) in [5.74, 6) is 1.25. The molecular formula is C19H26N2O2. The van der Waals surface area contributed by atoms with Gasteiger partial charge >= 0.3 is 0 Å². The number of nitrogens with zero attached hydrogens (tertiary/aromatic N) is 1. The lowest BCUT2D eigenvalue weighted by Crippen LogP contribution is -2.30. The van der Waals surface area contributed by atoms with Gasteiger partial charge in [0.1, 0.15) is 11.4 Å². The second-order valence-electron chi connectivity index (χ2n) is 6.36. The fourth-order valence-electron chi connectivity index (χ4n) is 2.69. The molecule has 1 aromatic heterocycles. The minimum absolute atomic E-state index is 0.00723. The lowest BCUT2D eigenvalue weighted by Gasteiger charge is -2.14. The molecule has 4 heteroatoms. The minimum Gasteiger partial charge on any atom is -0.497 e. The second kappa shape index (κ2) is 7.36. The normalized spacial score (nSPS) is 10.9. The van der Waals surface area contributed by atoms with Gasteiger partial charge in [0.05, 0.1) is 7.11 Å². The first-order valence-corrected chi connectivity index (χ1v) is 8.00. The number of hydrogen-bond acceptors (Lipinski definition) is 2. The summed E-state index contributed by atoms with van der Waals surface area (Å²) in [6, 6.07) is 10.0. The van der Waals surface area contributed by atoms with Crippen LogP contribution in [-0.2, 0) is 6.54 Å². The molecule has 1 aromatic carbocycles. The van der Waals surface area contributed by atoms with Crippen molar-refractivity contribution in [2.75, 3.05) is 13.7 Å². The first-order valence-electron chi connectivity index (χ1n) is 8.00. The summed E-state index contributed by atoms with van der Waals surface area (Å²) in [5.41, 5.74) is 3.94. The van der Waals surface area contributed by atoms with Crippen molar-refractivity contribution in [3.05, 3.63) is 52.8 Å². The summed E-state index contributed by atoms with van der Waals surface area (Å²) in [6.07, 6.45) is 0. The molecular weight excluding hydrogens is 288 g/mol. The molecule has 1 amide bonds. The third-order valence-electron chi connectivity index (χ3n) is 3.86. The van der Waals surface area contributed by atoms with Crippen LogP contribution in [0.1, 0.15) is 41.2 Å². The number of ether oxygens (including phenoxy) is 1. The summed E-state index contributed by atoms with van der Waals surface area (Å²) in [7, 11) is 1.66. The molecule has 1 N–H and O–H groups in total. The molecule has 23 heavy (non-hydrogen) atoms. The first-order chi connectivity index (χ1) is 10.9. The molecule has 1 heterocycles. The largest absolute Gasteiger partial charge is 0.497 e. The van der Waals surface area contributed by atoms with Crippen LogP contribution >= 0.6 is 0 Å². The number of hydrogen-bond donors (Lipinski definition) is 1. The Morgan fingerprint density at radius 3 is 2.65 bits per heavy atom. The van der Waals surface area contributed by atoms with E-state index in [0.29, 0.717) is 19.0 Å². The molecule has 2 rings (SSSR count). The van der Waals surface area contributed by atoms with Crippen LogP contribution in [0.2, 0.25) is 0 Å². The van der Waals surface area contributed by atoms with E-state index in [-0.39, 0.29) is 5.91 Å². The zero-order valence-electron chi connectivity index (χ0n) is 14.6. The van der Waals surface area contributed by atoms with Crippen LogP contribution < -0.4 is 10.1 Å². The Hall–Kier alpha value is -2.23. The fraction of sp³-hybridized carbons (Fsp3) is 0.421. The predicted octanol–water partition coefficient (Wildman–Crippen LogP) is 3.55. The van der Waals surface area contributed by atoms with E-state index in [1.54, 1.807) is 7.11 Å². The quantitative estimate of drug-likeness (QED) is 0.886. The number of nitrogens with one attached hydrogen (secondary N) is 1. The number of aryl methyl sites for hydroxylation is 2. The van der Waals surface area contributed by atoms with Gasteiger partial charge in [0, 0.05) is 18.8 Å². The van der Waals surface area contributed by atoms with Crippen molar-refractivity contribution < 1.29 is 9.53 Å². The van der Waals surface area contributed by atoms with Crippen molar-refractivity contribution in [3.8, 4) is 5.75 Å². The predicted molar refractivity (Wildman–Crippen MR) is 93.2 cm³/mol. The third kappa shape index (κ3) is 4.15. The highest BCUT2D eigenvalue weighted by atomic mass is 16.5. The summed E-state index contributed by atoms with van der Waals surface area (Å²) >= 11 is 0. The molecule has 0 spiro atoms. The van der Waals surface area contributed by atoms with Gasteiger partial charge in [-0.15, -0.1) is 0 Å². The van der Waals surface area contributed by atoms with E-state index >= 15 is 0 Å². The highest BCUT2D eigenvalue weighted by Crippen LogP contribution is 2.19. The fourth-order valence-corrected chi connectivity index (χ4v) is 2.69. The van der Waals surface area contributed by atoms with Gasteiger partial charge in [-0.2, -0.15) is 0 Å². The van der Waals surface area contributed by atoms with Gasteiger partial charge < -0.3 is 14.6 Å². The van der Waals surface area contributed by atoms with Crippen molar-refractivity contribution in [2.45, 2.75) is 34.2 Å². The van der Waals surface area contributed by atoms with Crippen molar-refractivity contribution >= 4 is 5.91 Å². The van der Waals surface area contributed by atoms with Crippen molar-refractivity contribution in [3.63, 3.8) is 0 Å². The average molecular weight is 314 g/mol. The Bertz CT molecular complexity index is 687. The minimum atomic E-state index is -0.00723. The van der Waals surface area contributed by atoms with Crippen molar-refractivity contribution in [1.82, 2.24) is 9.88 Å². The third-order valence-corrected chi connectivity index (χ3v) is 3.86. The number of rotatable bonds is 6. The van der Waals surface area contributed by atoms with Gasteiger partial charge in [0.2, 0.25) is 0 Å². The molecule has 0 unspecified atom stereocenters. The Labute approximate surface area is 138 Å². The molecule has 124 valence electrons. The first kappa shape index (κ1) is 17.1. The van der Waals surface area contributed by atoms with Crippen molar-refractivity contribution in [2.24, 2.45) is 5.92 Å². The Morgan fingerprint density at radius 1 is 1.26 bits per heavy atom. The Kier molecular flexibility index (Phi) is 5.48. The summed E-state index contributed by atoms with van der Waals surface area (Å²) in [5, 5.41) is 3.02.